The maximum absolute atomic E-state index is 11.4. The number of rotatable bonds is 2. The van der Waals surface area contributed by atoms with Gasteiger partial charge in [-0.25, -0.2) is 0 Å². The third-order valence-electron chi connectivity index (χ3n) is 2.65. The van der Waals surface area contributed by atoms with Crippen molar-refractivity contribution in [1.29, 1.82) is 0 Å². The molecule has 12 heavy (non-hydrogen) atoms. The Kier molecular flexibility index (Phi) is 4.22. The zero-order chi connectivity index (χ0) is 8.97. The van der Waals surface area contributed by atoms with E-state index in [1.165, 1.54) is 6.42 Å². The van der Waals surface area contributed by atoms with Gasteiger partial charge in [0.15, 0.2) is 0 Å². The van der Waals surface area contributed by atoms with E-state index in [0.717, 1.165) is 24.5 Å². The molecule has 0 aromatic rings. The molecule has 0 radical (unpaired) electrons. The molecule has 0 spiro atoms. The van der Waals surface area contributed by atoms with Crippen LogP contribution in [-0.2, 0) is 10.8 Å². The Morgan fingerprint density at radius 2 is 2.42 bits per heavy atom. The van der Waals surface area contributed by atoms with Crippen molar-refractivity contribution in [2.24, 2.45) is 5.92 Å². The van der Waals surface area contributed by atoms with E-state index in [2.05, 4.69) is 19.2 Å². The van der Waals surface area contributed by atoms with Crippen LogP contribution in [0.4, 0.5) is 0 Å². The van der Waals surface area contributed by atoms with Gasteiger partial charge in [0.05, 0.1) is 0 Å². The highest BCUT2D eigenvalue weighted by Crippen LogP contribution is 2.11. The summed E-state index contributed by atoms with van der Waals surface area (Å²) in [6, 6.07) is 0.485. The normalized spacial score (nSPS) is 34.2. The molecule has 3 atom stereocenters. The van der Waals surface area contributed by atoms with Gasteiger partial charge in [-0.1, -0.05) is 20.3 Å². The molecule has 0 amide bonds. The smallest absolute Gasteiger partial charge is 0.0391 e. The van der Waals surface area contributed by atoms with Gasteiger partial charge in [-0.05, 0) is 18.9 Å². The van der Waals surface area contributed by atoms with Crippen molar-refractivity contribution >= 4 is 10.8 Å². The van der Waals surface area contributed by atoms with Crippen LogP contribution in [0.1, 0.15) is 26.7 Å². The molecule has 1 fully saturated rings. The van der Waals surface area contributed by atoms with Crippen LogP contribution < -0.4 is 5.32 Å². The largest absolute Gasteiger partial charge is 0.313 e. The Morgan fingerprint density at radius 3 is 3.08 bits per heavy atom. The minimum Gasteiger partial charge on any atom is -0.313 e. The molecule has 1 heterocycles. The Bertz CT molecular complexity index is 161. The first-order valence-corrected chi connectivity index (χ1v) is 6.31. The SMILES string of the molecule is CCC(C)C1CS(=O)CCCN1. The minimum atomic E-state index is -0.572. The highest BCUT2D eigenvalue weighted by Gasteiger charge is 2.20. The molecule has 1 rings (SSSR count). The van der Waals surface area contributed by atoms with Crippen molar-refractivity contribution < 1.29 is 4.21 Å². The minimum absolute atomic E-state index is 0.485. The second-order valence-electron chi connectivity index (χ2n) is 3.61. The molecule has 1 saturated heterocycles. The fourth-order valence-corrected chi connectivity index (χ4v) is 2.99. The zero-order valence-electron chi connectivity index (χ0n) is 8.01. The van der Waals surface area contributed by atoms with Crippen molar-refractivity contribution in [3.05, 3.63) is 0 Å². The molecule has 72 valence electrons. The molecule has 0 aromatic heterocycles. The fourth-order valence-electron chi connectivity index (χ4n) is 1.51. The second-order valence-corrected chi connectivity index (χ2v) is 5.23. The summed E-state index contributed by atoms with van der Waals surface area (Å²) in [5, 5.41) is 3.47. The summed E-state index contributed by atoms with van der Waals surface area (Å²) in [7, 11) is -0.572. The molecular weight excluding hydrogens is 170 g/mol. The summed E-state index contributed by atoms with van der Waals surface area (Å²) >= 11 is 0. The highest BCUT2D eigenvalue weighted by atomic mass is 32.2. The van der Waals surface area contributed by atoms with E-state index < -0.39 is 10.8 Å². The van der Waals surface area contributed by atoms with E-state index in [1.54, 1.807) is 0 Å². The van der Waals surface area contributed by atoms with Crippen LogP contribution in [0.3, 0.4) is 0 Å². The number of nitrogens with one attached hydrogen (secondary N) is 1. The molecule has 0 bridgehead atoms. The van der Waals surface area contributed by atoms with E-state index in [0.29, 0.717) is 12.0 Å². The van der Waals surface area contributed by atoms with Gasteiger partial charge in [0.1, 0.15) is 0 Å². The Labute approximate surface area is 77.6 Å². The van der Waals surface area contributed by atoms with Crippen LogP contribution in [0.15, 0.2) is 0 Å². The molecular formula is C9H19NOS. The van der Waals surface area contributed by atoms with Crippen LogP contribution in [0.2, 0.25) is 0 Å². The molecule has 1 aliphatic rings. The van der Waals surface area contributed by atoms with E-state index in [1.807, 2.05) is 0 Å². The van der Waals surface area contributed by atoms with Gasteiger partial charge in [0.2, 0.25) is 0 Å². The predicted molar refractivity (Wildman–Crippen MR) is 53.7 cm³/mol. The van der Waals surface area contributed by atoms with Gasteiger partial charge in [-0.2, -0.15) is 0 Å². The molecule has 0 aliphatic carbocycles. The van der Waals surface area contributed by atoms with E-state index in [9.17, 15) is 4.21 Å². The van der Waals surface area contributed by atoms with Crippen LogP contribution in [-0.4, -0.2) is 28.3 Å². The quantitative estimate of drug-likeness (QED) is 0.706. The lowest BCUT2D eigenvalue weighted by Crippen LogP contribution is -2.37. The first kappa shape index (κ1) is 10.2. The van der Waals surface area contributed by atoms with Crippen molar-refractivity contribution in [1.82, 2.24) is 5.32 Å². The maximum Gasteiger partial charge on any atom is 0.0391 e. The summed E-state index contributed by atoms with van der Waals surface area (Å²) in [5.41, 5.74) is 0. The van der Waals surface area contributed by atoms with Crippen molar-refractivity contribution in [2.75, 3.05) is 18.1 Å². The van der Waals surface area contributed by atoms with Gasteiger partial charge in [0.25, 0.3) is 0 Å². The average molecular weight is 189 g/mol. The van der Waals surface area contributed by atoms with Crippen molar-refractivity contribution in [3.8, 4) is 0 Å². The lowest BCUT2D eigenvalue weighted by atomic mass is 10.0. The second kappa shape index (κ2) is 4.97. The van der Waals surface area contributed by atoms with Gasteiger partial charge in [0, 0.05) is 28.3 Å². The zero-order valence-corrected chi connectivity index (χ0v) is 8.82. The summed E-state index contributed by atoms with van der Waals surface area (Å²) < 4.78 is 11.4. The molecule has 2 nitrogen and oxygen atoms in total. The monoisotopic (exact) mass is 189 g/mol. The van der Waals surface area contributed by atoms with Crippen LogP contribution in [0.25, 0.3) is 0 Å². The van der Waals surface area contributed by atoms with E-state index >= 15 is 0 Å². The maximum atomic E-state index is 11.4. The molecule has 3 heteroatoms. The molecule has 1 N–H and O–H groups in total. The van der Waals surface area contributed by atoms with Crippen molar-refractivity contribution in [3.63, 3.8) is 0 Å². The highest BCUT2D eigenvalue weighted by molar-refractivity contribution is 7.85. The Balaban J connectivity index is 2.46. The summed E-state index contributed by atoms with van der Waals surface area (Å²) in [4.78, 5) is 0. The third-order valence-corrected chi connectivity index (χ3v) is 4.13. The summed E-state index contributed by atoms with van der Waals surface area (Å²) in [5.74, 6) is 2.40. The molecule has 0 saturated carbocycles. The first-order chi connectivity index (χ1) is 5.74. The van der Waals surface area contributed by atoms with Gasteiger partial charge >= 0.3 is 0 Å². The van der Waals surface area contributed by atoms with E-state index in [4.69, 9.17) is 0 Å². The van der Waals surface area contributed by atoms with Gasteiger partial charge in [-0.15, -0.1) is 0 Å². The average Bonchev–Trinajstić information content (AvgIpc) is 2.28. The first-order valence-electron chi connectivity index (χ1n) is 4.82. The van der Waals surface area contributed by atoms with E-state index in [-0.39, 0.29) is 0 Å². The lowest BCUT2D eigenvalue weighted by molar-refractivity contribution is 0.400. The fraction of sp³-hybridized carbons (Fsp3) is 1.00. The Hall–Kier alpha value is 0.110. The topological polar surface area (TPSA) is 29.1 Å². The summed E-state index contributed by atoms with van der Waals surface area (Å²) in [6.07, 6.45) is 2.24. The number of hydrogen-bond donors (Lipinski definition) is 1. The molecule has 3 unspecified atom stereocenters. The standard InChI is InChI=1S/C9H19NOS/c1-3-8(2)9-7-12(11)6-4-5-10-9/h8-10H,3-7H2,1-2H3. The van der Waals surface area contributed by atoms with Crippen molar-refractivity contribution in [2.45, 2.75) is 32.7 Å². The van der Waals surface area contributed by atoms with Crippen LogP contribution >= 0.6 is 0 Å². The summed E-state index contributed by atoms with van der Waals surface area (Å²) in [6.45, 7) is 5.47. The molecule has 0 aromatic carbocycles. The van der Waals surface area contributed by atoms with Crippen LogP contribution in [0, 0.1) is 5.92 Å². The number of hydrogen-bond acceptors (Lipinski definition) is 2. The molecule has 1 aliphatic heterocycles. The predicted octanol–water partition coefficient (Wildman–Crippen LogP) is 1.14. The third kappa shape index (κ3) is 2.87. The van der Waals surface area contributed by atoms with Gasteiger partial charge < -0.3 is 5.32 Å². The van der Waals surface area contributed by atoms with Gasteiger partial charge in [-0.3, -0.25) is 4.21 Å². The Morgan fingerprint density at radius 1 is 1.67 bits per heavy atom. The lowest BCUT2D eigenvalue weighted by Gasteiger charge is -2.21. The van der Waals surface area contributed by atoms with Crippen LogP contribution in [0.5, 0.6) is 0 Å².